The highest BCUT2D eigenvalue weighted by molar-refractivity contribution is 5.87. The van der Waals surface area contributed by atoms with Gasteiger partial charge in [-0.05, 0) is 73.9 Å². The number of methoxy groups -OCH3 is 2. The Labute approximate surface area is 324 Å². The Morgan fingerprint density at radius 3 is 1.82 bits per heavy atom. The molecule has 0 saturated carbocycles. The van der Waals surface area contributed by atoms with Crippen LogP contribution in [0, 0.1) is 11.8 Å². The maximum Gasteiger partial charge on any atom is 0.407 e. The number of hydrogen-bond acceptors (Lipinski definition) is 10. The van der Waals surface area contributed by atoms with E-state index in [1.165, 1.54) is 14.2 Å². The number of H-pyrrole nitrogens is 2. The lowest BCUT2D eigenvalue weighted by atomic mass is 10.0. The van der Waals surface area contributed by atoms with Crippen LogP contribution in [0.2, 0.25) is 0 Å². The number of imidazole rings is 2. The van der Waals surface area contributed by atoms with Gasteiger partial charge in [0.25, 0.3) is 0 Å². The van der Waals surface area contributed by atoms with Crippen LogP contribution in [0.4, 0.5) is 9.59 Å². The molecule has 16 heteroatoms. The number of amides is 4. The van der Waals surface area contributed by atoms with Gasteiger partial charge in [0.1, 0.15) is 23.7 Å². The molecule has 4 atom stereocenters. The Morgan fingerprint density at radius 1 is 0.750 bits per heavy atom. The monoisotopic (exact) mass is 768 g/mol. The Hall–Kier alpha value is -6.06. The second kappa shape index (κ2) is 16.0. The first kappa shape index (κ1) is 38.2. The summed E-state index contributed by atoms with van der Waals surface area (Å²) < 4.78 is 22.1. The van der Waals surface area contributed by atoms with E-state index in [2.05, 4.69) is 25.6 Å². The van der Waals surface area contributed by atoms with Crippen LogP contribution in [0.1, 0.15) is 77.1 Å². The number of alkyl carbamates (subject to hydrolysis) is 2. The van der Waals surface area contributed by atoms with Crippen LogP contribution < -0.4 is 20.1 Å². The summed E-state index contributed by atoms with van der Waals surface area (Å²) in [6.45, 7) is 8.66. The van der Waals surface area contributed by atoms with Gasteiger partial charge in [-0.15, -0.1) is 0 Å². The molecule has 0 spiro atoms. The predicted molar refractivity (Wildman–Crippen MR) is 204 cm³/mol. The molecular weight excluding hydrogens is 720 g/mol. The highest BCUT2D eigenvalue weighted by Crippen LogP contribution is 2.48. The molecule has 3 aliphatic rings. The van der Waals surface area contributed by atoms with Crippen molar-refractivity contribution in [3.8, 4) is 45.5 Å². The minimum absolute atomic E-state index is 0.132. The molecule has 0 aliphatic carbocycles. The first-order valence-electron chi connectivity index (χ1n) is 19.0. The zero-order chi connectivity index (χ0) is 39.7. The smallest absolute Gasteiger partial charge is 0.407 e. The molecule has 16 nitrogen and oxygen atoms in total. The van der Waals surface area contributed by atoms with Gasteiger partial charge in [-0.25, -0.2) is 19.6 Å². The number of carbonyl (C=O) groups excluding carboxylic acids is 4. The predicted octanol–water partition coefficient (Wildman–Crippen LogP) is 6.45. The molecule has 4 amide bonds. The summed E-state index contributed by atoms with van der Waals surface area (Å²) in [7, 11) is 2.56. The Morgan fingerprint density at radius 2 is 1.27 bits per heavy atom. The van der Waals surface area contributed by atoms with Crippen molar-refractivity contribution < 1.29 is 38.1 Å². The van der Waals surface area contributed by atoms with Crippen molar-refractivity contribution >= 4 is 24.0 Å². The van der Waals surface area contributed by atoms with Crippen LogP contribution in [0.5, 0.6) is 23.0 Å². The lowest BCUT2D eigenvalue weighted by Crippen LogP contribution is -2.51. The number of hydrogen-bond donors (Lipinski definition) is 4. The largest absolute Gasteiger partial charge is 0.453 e. The SMILES string of the molecule is COC(=O)NC(C(=O)N1CCC[C@H]1c1ncc(-c2ccc3c(c2)Oc2cc(-c4c[nH]c([C@@H]5CCCN5C(=O)[C@@H](NC(=O)OC)C(C)C)n4)ccc2O3)[nH]1)C(C)C. The quantitative estimate of drug-likeness (QED) is 0.123. The summed E-state index contributed by atoms with van der Waals surface area (Å²) in [5.74, 6) is 2.90. The standard InChI is InChI=1S/C40H48N8O8/c1-21(2)33(45-39(51)53-5)37(49)47-15-7-9-27(47)35-41-19-25(43-35)23-11-13-29-31(17-23)56-32-18-24(12-14-30(32)55-29)26-20-42-36(44-26)28-10-8-16-48(28)38(50)34(22(3)4)46-40(52)54-6/h11-14,17-22,27-28,33-34H,7-10,15-16H2,1-6H3,(H,41,43)(H,42,44)(H,45,51)(H,46,52)/t27-,28-,33-,34?/m0/s1. The Balaban J connectivity index is 1.05. The number of likely N-dealkylation sites (tertiary alicyclic amines) is 2. The number of nitrogens with zero attached hydrogens (tertiary/aromatic N) is 4. The molecule has 2 fully saturated rings. The van der Waals surface area contributed by atoms with E-state index in [0.717, 1.165) is 42.5 Å². The second-order valence-corrected chi connectivity index (χ2v) is 15.0. The zero-order valence-electron chi connectivity index (χ0n) is 32.4. The number of nitrogens with one attached hydrogen (secondary N) is 4. The topological polar surface area (TPSA) is 193 Å². The van der Waals surface area contributed by atoms with Crippen molar-refractivity contribution in [2.75, 3.05) is 27.3 Å². The zero-order valence-corrected chi connectivity index (χ0v) is 32.4. The fraction of sp³-hybridized carbons (Fsp3) is 0.450. The molecule has 0 bridgehead atoms. The highest BCUT2D eigenvalue weighted by Gasteiger charge is 2.39. The number of fused-ring (bicyclic) bond motifs is 2. The Bertz CT molecular complexity index is 1960. The molecule has 3 aliphatic heterocycles. The minimum atomic E-state index is -0.720. The lowest BCUT2D eigenvalue weighted by molar-refractivity contribution is -0.136. The second-order valence-electron chi connectivity index (χ2n) is 15.0. The molecule has 2 saturated heterocycles. The van der Waals surface area contributed by atoms with E-state index < -0.39 is 24.3 Å². The maximum atomic E-state index is 13.6. The molecule has 4 N–H and O–H groups in total. The third kappa shape index (κ3) is 7.59. The van der Waals surface area contributed by atoms with Crippen molar-refractivity contribution in [1.82, 2.24) is 40.4 Å². The van der Waals surface area contributed by atoms with Crippen LogP contribution in [0.15, 0.2) is 48.8 Å². The summed E-state index contributed by atoms with van der Waals surface area (Å²) in [5.41, 5.74) is 3.06. The highest BCUT2D eigenvalue weighted by atomic mass is 16.6. The number of carbonyl (C=O) groups is 4. The molecule has 2 aromatic carbocycles. The van der Waals surface area contributed by atoms with Crippen molar-refractivity contribution in [1.29, 1.82) is 0 Å². The van der Waals surface area contributed by atoms with Crippen LogP contribution in [-0.2, 0) is 19.1 Å². The maximum absolute atomic E-state index is 13.6. The Kier molecular flexibility index (Phi) is 10.9. The van der Waals surface area contributed by atoms with Gasteiger partial charge in [0.15, 0.2) is 23.0 Å². The van der Waals surface area contributed by atoms with Gasteiger partial charge in [0.05, 0.1) is 43.9 Å². The van der Waals surface area contributed by atoms with E-state index >= 15 is 0 Å². The van der Waals surface area contributed by atoms with E-state index in [1.54, 1.807) is 16.0 Å². The van der Waals surface area contributed by atoms with Gasteiger partial charge in [0.2, 0.25) is 11.8 Å². The first-order valence-corrected chi connectivity index (χ1v) is 19.0. The van der Waals surface area contributed by atoms with E-state index in [4.69, 9.17) is 23.9 Å². The molecule has 7 rings (SSSR count). The normalized spacial score (nSPS) is 18.4. The molecular formula is C40H48N8O8. The molecule has 56 heavy (non-hydrogen) atoms. The number of aromatic nitrogens is 4. The minimum Gasteiger partial charge on any atom is -0.453 e. The van der Waals surface area contributed by atoms with Crippen molar-refractivity contribution in [2.24, 2.45) is 11.8 Å². The number of aromatic amines is 2. The third-order valence-corrected chi connectivity index (χ3v) is 10.6. The van der Waals surface area contributed by atoms with Crippen molar-refractivity contribution in [2.45, 2.75) is 77.5 Å². The number of benzene rings is 2. The van der Waals surface area contributed by atoms with Crippen LogP contribution >= 0.6 is 0 Å². The lowest BCUT2D eigenvalue weighted by Gasteiger charge is -2.30. The summed E-state index contributed by atoms with van der Waals surface area (Å²) >= 11 is 0. The molecule has 1 unspecified atom stereocenters. The molecule has 2 aromatic heterocycles. The fourth-order valence-corrected chi connectivity index (χ4v) is 7.60. The summed E-state index contributed by atoms with van der Waals surface area (Å²) in [4.78, 5) is 71.0. The first-order chi connectivity index (χ1) is 26.9. The molecule has 5 heterocycles. The van der Waals surface area contributed by atoms with E-state index in [1.807, 2.05) is 70.3 Å². The van der Waals surface area contributed by atoms with Gasteiger partial charge in [-0.3, -0.25) is 9.59 Å². The summed E-state index contributed by atoms with van der Waals surface area (Å²) in [6, 6.07) is 9.30. The van der Waals surface area contributed by atoms with Crippen LogP contribution in [-0.4, -0.2) is 93.1 Å². The van der Waals surface area contributed by atoms with Gasteiger partial charge in [-0.1, -0.05) is 27.7 Å². The van der Waals surface area contributed by atoms with Gasteiger partial charge in [0, 0.05) is 30.4 Å². The van der Waals surface area contributed by atoms with Gasteiger partial charge in [-0.2, -0.15) is 0 Å². The third-order valence-electron chi connectivity index (χ3n) is 10.6. The van der Waals surface area contributed by atoms with Gasteiger partial charge < -0.3 is 49.3 Å². The van der Waals surface area contributed by atoms with Crippen molar-refractivity contribution in [3.63, 3.8) is 0 Å². The summed E-state index contributed by atoms with van der Waals surface area (Å²) in [5, 5.41) is 5.37. The van der Waals surface area contributed by atoms with E-state index in [9.17, 15) is 19.2 Å². The molecule has 4 aromatic rings. The van der Waals surface area contributed by atoms with E-state index in [-0.39, 0.29) is 35.7 Å². The average molecular weight is 769 g/mol. The summed E-state index contributed by atoms with van der Waals surface area (Å²) in [6.07, 6.45) is 5.38. The molecule has 296 valence electrons. The fourth-order valence-electron chi connectivity index (χ4n) is 7.60. The molecule has 0 radical (unpaired) electrons. The van der Waals surface area contributed by atoms with Crippen LogP contribution in [0.3, 0.4) is 0 Å². The van der Waals surface area contributed by atoms with E-state index in [0.29, 0.717) is 53.4 Å². The number of rotatable bonds is 10. The number of ether oxygens (including phenoxy) is 4. The van der Waals surface area contributed by atoms with Crippen molar-refractivity contribution in [3.05, 3.63) is 60.4 Å². The van der Waals surface area contributed by atoms with Gasteiger partial charge >= 0.3 is 12.2 Å². The average Bonchev–Trinajstić information content (AvgIpc) is 4.03. The van der Waals surface area contributed by atoms with Crippen LogP contribution in [0.25, 0.3) is 22.5 Å².